The van der Waals surface area contributed by atoms with Crippen molar-refractivity contribution in [2.24, 2.45) is 0 Å². The van der Waals surface area contributed by atoms with E-state index in [0.29, 0.717) is 17.7 Å². The number of rotatable bonds is 8. The Labute approximate surface area is 164 Å². The number of urea groups is 1. The molecule has 1 N–H and O–H groups in total. The number of hydrogen-bond donors (Lipinski definition) is 1. The number of benzene rings is 2. The number of carbonyl (C=O) groups excluding carboxylic acids is 2. The molecule has 1 aliphatic rings. The minimum Gasteiger partial charge on any atom is -0.492 e. The normalized spacial score (nSPS) is 19.0. The molecule has 0 bridgehead atoms. The molecular weight excluding hydrogens is 359 g/mol. The van der Waals surface area contributed by atoms with E-state index in [4.69, 9.17) is 4.74 Å². The Morgan fingerprint density at radius 2 is 1.75 bits per heavy atom. The first-order valence-electron chi connectivity index (χ1n) is 9.56. The van der Waals surface area contributed by atoms with Gasteiger partial charge in [0.2, 0.25) is 0 Å². The number of hydrogen-bond acceptors (Lipinski definition) is 3. The van der Waals surface area contributed by atoms with Crippen LogP contribution >= 0.6 is 0 Å². The van der Waals surface area contributed by atoms with Crippen LogP contribution in [0.25, 0.3) is 0 Å². The van der Waals surface area contributed by atoms with Crippen molar-refractivity contribution < 1.29 is 18.7 Å². The topological polar surface area (TPSA) is 58.6 Å². The third kappa shape index (κ3) is 4.01. The Morgan fingerprint density at radius 1 is 1.07 bits per heavy atom. The third-order valence-corrected chi connectivity index (χ3v) is 5.02. The summed E-state index contributed by atoms with van der Waals surface area (Å²) < 4.78 is 19.0. The maximum atomic E-state index is 13.4. The molecule has 28 heavy (non-hydrogen) atoms. The van der Waals surface area contributed by atoms with Gasteiger partial charge in [0.15, 0.2) is 0 Å². The lowest BCUT2D eigenvalue weighted by atomic mass is 9.85. The van der Waals surface area contributed by atoms with E-state index in [1.807, 2.05) is 38.1 Å². The lowest BCUT2D eigenvalue weighted by Gasteiger charge is -2.27. The van der Waals surface area contributed by atoms with E-state index in [2.05, 4.69) is 5.32 Å². The number of nitrogens with zero attached hydrogens (tertiary/aromatic N) is 1. The summed E-state index contributed by atoms with van der Waals surface area (Å²) in [6.07, 6.45) is 2.11. The van der Waals surface area contributed by atoms with Gasteiger partial charge in [0.05, 0.1) is 6.54 Å². The predicted octanol–water partition coefficient (Wildman–Crippen LogP) is 4.15. The van der Waals surface area contributed by atoms with Crippen molar-refractivity contribution in [1.29, 1.82) is 0 Å². The van der Waals surface area contributed by atoms with Crippen LogP contribution in [0.2, 0.25) is 0 Å². The van der Waals surface area contributed by atoms with Crippen LogP contribution in [0.4, 0.5) is 9.18 Å². The number of unbranched alkanes of at least 4 members (excludes halogenated alkanes) is 1. The van der Waals surface area contributed by atoms with E-state index in [1.54, 1.807) is 12.1 Å². The molecule has 2 aromatic carbocycles. The summed E-state index contributed by atoms with van der Waals surface area (Å²) in [5, 5.41) is 2.85. The van der Waals surface area contributed by atoms with Gasteiger partial charge in [0.1, 0.15) is 23.7 Å². The Bertz CT molecular complexity index is 836. The molecular formula is C22H25FN2O3. The number of amides is 3. The average Bonchev–Trinajstić information content (AvgIpc) is 2.93. The van der Waals surface area contributed by atoms with Crippen molar-refractivity contribution in [3.8, 4) is 5.75 Å². The summed E-state index contributed by atoms with van der Waals surface area (Å²) in [7, 11) is 0. The minimum absolute atomic E-state index is 0.146. The molecule has 1 atom stereocenters. The minimum atomic E-state index is -1.15. The van der Waals surface area contributed by atoms with E-state index >= 15 is 0 Å². The Balaban J connectivity index is 1.74. The van der Waals surface area contributed by atoms with Crippen LogP contribution in [0.3, 0.4) is 0 Å². The predicted molar refractivity (Wildman–Crippen MR) is 105 cm³/mol. The van der Waals surface area contributed by atoms with Crippen molar-refractivity contribution in [3.63, 3.8) is 0 Å². The standard InChI is InChI=1S/C22H25FN2O3/c1-3-4-13-22(17-7-9-18(23)10-8-17)20(26)25(21(27)24-22)14-15-28-19-11-5-16(2)6-12-19/h5-12H,3-4,13-15H2,1-2H3,(H,24,27). The highest BCUT2D eigenvalue weighted by molar-refractivity contribution is 6.07. The monoisotopic (exact) mass is 384 g/mol. The number of carbonyl (C=O) groups is 2. The number of halogens is 1. The molecule has 1 saturated heterocycles. The molecule has 1 aliphatic heterocycles. The second kappa shape index (κ2) is 8.42. The second-order valence-corrected chi connectivity index (χ2v) is 7.06. The first-order chi connectivity index (χ1) is 13.5. The first-order valence-corrected chi connectivity index (χ1v) is 9.56. The number of imide groups is 1. The summed E-state index contributed by atoms with van der Waals surface area (Å²) in [4.78, 5) is 27.0. The molecule has 148 valence electrons. The molecule has 0 aliphatic carbocycles. The maximum absolute atomic E-state index is 13.4. The molecule has 3 rings (SSSR count). The van der Waals surface area contributed by atoms with E-state index in [1.165, 1.54) is 17.0 Å². The summed E-state index contributed by atoms with van der Waals surface area (Å²) in [6.45, 7) is 4.36. The Hall–Kier alpha value is -2.89. The zero-order valence-electron chi connectivity index (χ0n) is 16.2. The van der Waals surface area contributed by atoms with Crippen LogP contribution in [0.5, 0.6) is 5.75 Å². The zero-order valence-corrected chi connectivity index (χ0v) is 16.2. The fourth-order valence-electron chi connectivity index (χ4n) is 3.40. The summed E-state index contributed by atoms with van der Waals surface area (Å²) in [6, 6.07) is 12.9. The quantitative estimate of drug-likeness (QED) is 0.696. The van der Waals surface area contributed by atoms with Gasteiger partial charge in [-0.25, -0.2) is 9.18 Å². The molecule has 0 saturated carbocycles. The highest BCUT2D eigenvalue weighted by Gasteiger charge is 2.51. The lowest BCUT2D eigenvalue weighted by molar-refractivity contribution is -0.132. The van der Waals surface area contributed by atoms with Gasteiger partial charge in [-0.3, -0.25) is 9.69 Å². The number of nitrogens with one attached hydrogen (secondary N) is 1. The maximum Gasteiger partial charge on any atom is 0.325 e. The molecule has 2 aromatic rings. The van der Waals surface area contributed by atoms with Gasteiger partial charge in [0.25, 0.3) is 5.91 Å². The summed E-state index contributed by atoms with van der Waals surface area (Å²) in [5.74, 6) is -0.00647. The summed E-state index contributed by atoms with van der Waals surface area (Å²) >= 11 is 0. The van der Waals surface area contributed by atoms with Gasteiger partial charge in [-0.15, -0.1) is 0 Å². The van der Waals surface area contributed by atoms with Gasteiger partial charge in [0, 0.05) is 0 Å². The van der Waals surface area contributed by atoms with E-state index < -0.39 is 11.6 Å². The van der Waals surface area contributed by atoms with Crippen LogP contribution in [0, 0.1) is 12.7 Å². The number of aryl methyl sites for hydroxylation is 1. The molecule has 0 radical (unpaired) electrons. The van der Waals surface area contributed by atoms with E-state index in [9.17, 15) is 14.0 Å². The third-order valence-electron chi connectivity index (χ3n) is 5.02. The van der Waals surface area contributed by atoms with Crippen LogP contribution in [0.15, 0.2) is 48.5 Å². The van der Waals surface area contributed by atoms with Crippen molar-refractivity contribution in [2.75, 3.05) is 13.2 Å². The second-order valence-electron chi connectivity index (χ2n) is 7.06. The van der Waals surface area contributed by atoms with Crippen LogP contribution in [-0.4, -0.2) is 30.0 Å². The SMILES string of the molecule is CCCCC1(c2ccc(F)cc2)NC(=O)N(CCOc2ccc(C)cc2)C1=O. The molecule has 3 amide bonds. The highest BCUT2D eigenvalue weighted by Crippen LogP contribution is 2.34. The molecule has 6 heteroatoms. The van der Waals surface area contributed by atoms with Gasteiger partial charge >= 0.3 is 6.03 Å². The van der Waals surface area contributed by atoms with Crippen molar-refractivity contribution in [3.05, 3.63) is 65.5 Å². The van der Waals surface area contributed by atoms with Crippen LogP contribution in [0.1, 0.15) is 37.3 Å². The van der Waals surface area contributed by atoms with Crippen LogP contribution in [-0.2, 0) is 10.3 Å². The molecule has 0 spiro atoms. The lowest BCUT2D eigenvalue weighted by Crippen LogP contribution is -2.44. The molecule has 1 fully saturated rings. The van der Waals surface area contributed by atoms with Gasteiger partial charge in [-0.05, 0) is 43.2 Å². The molecule has 1 heterocycles. The van der Waals surface area contributed by atoms with Crippen molar-refractivity contribution >= 4 is 11.9 Å². The fraction of sp³-hybridized carbons (Fsp3) is 0.364. The van der Waals surface area contributed by atoms with Crippen molar-refractivity contribution in [2.45, 2.75) is 38.6 Å². The smallest absolute Gasteiger partial charge is 0.325 e. The van der Waals surface area contributed by atoms with Gasteiger partial charge in [-0.1, -0.05) is 49.6 Å². The number of ether oxygens (including phenoxy) is 1. The largest absolute Gasteiger partial charge is 0.492 e. The Kier molecular flexibility index (Phi) is 5.97. The first kappa shape index (κ1) is 19.9. The molecule has 1 unspecified atom stereocenters. The highest BCUT2D eigenvalue weighted by atomic mass is 19.1. The summed E-state index contributed by atoms with van der Waals surface area (Å²) in [5.41, 5.74) is 0.578. The zero-order chi connectivity index (χ0) is 20.1. The van der Waals surface area contributed by atoms with Crippen molar-refractivity contribution in [1.82, 2.24) is 10.2 Å². The Morgan fingerprint density at radius 3 is 2.39 bits per heavy atom. The molecule has 0 aromatic heterocycles. The van der Waals surface area contributed by atoms with Crippen LogP contribution < -0.4 is 10.1 Å². The van der Waals surface area contributed by atoms with E-state index in [0.717, 1.165) is 18.4 Å². The van der Waals surface area contributed by atoms with Gasteiger partial charge in [-0.2, -0.15) is 0 Å². The van der Waals surface area contributed by atoms with Gasteiger partial charge < -0.3 is 10.1 Å². The fourth-order valence-corrected chi connectivity index (χ4v) is 3.40. The molecule has 5 nitrogen and oxygen atoms in total. The van der Waals surface area contributed by atoms with E-state index in [-0.39, 0.29) is 24.9 Å². The average molecular weight is 384 g/mol.